The van der Waals surface area contributed by atoms with Crippen molar-refractivity contribution in [3.8, 4) is 11.1 Å². The number of likely N-dealkylation sites (tertiary alicyclic amines) is 1. The lowest BCUT2D eigenvalue weighted by Gasteiger charge is -2.21. The molecule has 0 spiro atoms. The van der Waals surface area contributed by atoms with Crippen LogP contribution in [0.5, 0.6) is 0 Å². The number of nitrogens with zero attached hydrogens (tertiary/aromatic N) is 2. The fourth-order valence-electron chi connectivity index (χ4n) is 3.05. The van der Waals surface area contributed by atoms with Gasteiger partial charge < -0.3 is 9.64 Å². The molecular weight excluding hydrogens is 354 g/mol. The van der Waals surface area contributed by atoms with Crippen LogP contribution in [-0.4, -0.2) is 40.2 Å². The van der Waals surface area contributed by atoms with Crippen molar-refractivity contribution in [3.05, 3.63) is 47.8 Å². The van der Waals surface area contributed by atoms with E-state index in [1.54, 1.807) is 25.7 Å². The molecule has 2 heterocycles. The quantitative estimate of drug-likeness (QED) is 0.778. The van der Waals surface area contributed by atoms with Crippen molar-refractivity contribution in [1.29, 1.82) is 0 Å². The summed E-state index contributed by atoms with van der Waals surface area (Å²) in [5.41, 5.74) is -0.474. The molecule has 27 heavy (non-hydrogen) atoms. The first-order valence-corrected chi connectivity index (χ1v) is 8.87. The number of hydrogen-bond acceptors (Lipinski definition) is 3. The van der Waals surface area contributed by atoms with Crippen molar-refractivity contribution in [1.82, 2.24) is 9.47 Å². The Balaban J connectivity index is 2.06. The van der Waals surface area contributed by atoms with E-state index in [1.807, 2.05) is 0 Å². The molecule has 1 fully saturated rings. The van der Waals surface area contributed by atoms with Crippen molar-refractivity contribution in [2.45, 2.75) is 39.2 Å². The minimum atomic E-state index is -1.03. The summed E-state index contributed by atoms with van der Waals surface area (Å²) in [5.74, 6) is -2.36. The zero-order valence-electron chi connectivity index (χ0n) is 15.6. The van der Waals surface area contributed by atoms with Crippen molar-refractivity contribution in [2.75, 3.05) is 13.1 Å². The first-order valence-electron chi connectivity index (χ1n) is 8.87. The summed E-state index contributed by atoms with van der Waals surface area (Å²) in [4.78, 5) is 27.1. The van der Waals surface area contributed by atoms with Crippen LogP contribution in [0.2, 0.25) is 0 Å². The van der Waals surface area contributed by atoms with Crippen LogP contribution in [0, 0.1) is 11.6 Å². The lowest BCUT2D eigenvalue weighted by molar-refractivity contribution is 0.0518. The minimum Gasteiger partial charge on any atom is -0.443 e. The lowest BCUT2D eigenvalue weighted by atomic mass is 10.1. The Bertz CT molecular complexity index is 878. The van der Waals surface area contributed by atoms with Crippen LogP contribution >= 0.6 is 0 Å². The van der Waals surface area contributed by atoms with Gasteiger partial charge in [-0.05, 0) is 45.7 Å². The molecule has 1 aromatic carbocycles. The maximum atomic E-state index is 14.2. The smallest absolute Gasteiger partial charge is 0.419 e. The predicted octanol–water partition coefficient (Wildman–Crippen LogP) is 4.45. The highest BCUT2D eigenvalue weighted by atomic mass is 19.2. The van der Waals surface area contributed by atoms with Crippen molar-refractivity contribution >= 4 is 12.0 Å². The Morgan fingerprint density at radius 1 is 1.11 bits per heavy atom. The third-order valence-electron chi connectivity index (χ3n) is 4.29. The highest BCUT2D eigenvalue weighted by molar-refractivity contribution is 5.98. The number of halogens is 2. The summed E-state index contributed by atoms with van der Waals surface area (Å²) in [7, 11) is 0. The molecule has 1 aliphatic heterocycles. The average Bonchev–Trinajstić information content (AvgIpc) is 3.24. The Labute approximate surface area is 156 Å². The molecular formula is C20H22F2N2O3. The molecule has 2 aromatic rings. The third-order valence-corrected chi connectivity index (χ3v) is 4.29. The van der Waals surface area contributed by atoms with Crippen molar-refractivity contribution in [3.63, 3.8) is 0 Å². The number of rotatable bonds is 2. The number of aromatic nitrogens is 1. The molecule has 0 unspecified atom stereocenters. The molecule has 1 aliphatic rings. The lowest BCUT2D eigenvalue weighted by Crippen LogP contribution is -2.33. The van der Waals surface area contributed by atoms with Gasteiger partial charge in [0, 0.05) is 30.4 Å². The minimum absolute atomic E-state index is 0.0206. The van der Waals surface area contributed by atoms with E-state index in [-0.39, 0.29) is 22.7 Å². The van der Waals surface area contributed by atoms with Crippen LogP contribution in [0.25, 0.3) is 11.1 Å². The maximum Gasteiger partial charge on any atom is 0.419 e. The number of hydrogen-bond donors (Lipinski definition) is 0. The van der Waals surface area contributed by atoms with Gasteiger partial charge in [-0.2, -0.15) is 0 Å². The Morgan fingerprint density at radius 2 is 1.78 bits per heavy atom. The van der Waals surface area contributed by atoms with E-state index in [9.17, 15) is 18.4 Å². The molecule has 5 nitrogen and oxygen atoms in total. The van der Waals surface area contributed by atoms with E-state index in [0.29, 0.717) is 13.1 Å². The van der Waals surface area contributed by atoms with Gasteiger partial charge in [-0.15, -0.1) is 0 Å². The van der Waals surface area contributed by atoms with Gasteiger partial charge in [0.1, 0.15) is 11.3 Å². The van der Waals surface area contributed by atoms with Gasteiger partial charge in [0.05, 0.1) is 0 Å². The van der Waals surface area contributed by atoms with Gasteiger partial charge in [0.2, 0.25) is 0 Å². The summed E-state index contributed by atoms with van der Waals surface area (Å²) >= 11 is 0. The van der Waals surface area contributed by atoms with Gasteiger partial charge in [0.25, 0.3) is 5.91 Å². The van der Waals surface area contributed by atoms with E-state index in [1.165, 1.54) is 24.4 Å². The highest BCUT2D eigenvalue weighted by Crippen LogP contribution is 2.28. The van der Waals surface area contributed by atoms with Gasteiger partial charge in [-0.1, -0.05) is 12.1 Å². The number of benzene rings is 1. The largest absolute Gasteiger partial charge is 0.443 e. The van der Waals surface area contributed by atoms with E-state index < -0.39 is 23.3 Å². The van der Waals surface area contributed by atoms with Crippen LogP contribution in [0.15, 0.2) is 30.5 Å². The summed E-state index contributed by atoms with van der Waals surface area (Å²) < 4.78 is 34.3. The average molecular weight is 376 g/mol. The number of carbonyl (C=O) groups is 2. The molecule has 0 saturated carbocycles. The number of carbonyl (C=O) groups excluding carboxylic acids is 2. The third kappa shape index (κ3) is 4.02. The molecule has 0 bridgehead atoms. The monoisotopic (exact) mass is 376 g/mol. The van der Waals surface area contributed by atoms with Crippen molar-refractivity contribution in [2.24, 2.45) is 0 Å². The fraction of sp³-hybridized carbons (Fsp3) is 0.400. The first-order chi connectivity index (χ1) is 12.7. The molecule has 1 aromatic heterocycles. The fourth-order valence-corrected chi connectivity index (χ4v) is 3.05. The number of ether oxygens (including phenoxy) is 1. The SMILES string of the molecule is CC(C)(C)OC(=O)n1cc(-c2cccc(F)c2F)cc1C(=O)N1CCCC1. The van der Waals surface area contributed by atoms with Gasteiger partial charge in [0.15, 0.2) is 11.6 Å². The summed E-state index contributed by atoms with van der Waals surface area (Å²) in [6, 6.07) is 5.19. The Kier molecular flexibility index (Phi) is 5.04. The summed E-state index contributed by atoms with van der Waals surface area (Å²) in [6.45, 7) is 6.33. The van der Waals surface area contributed by atoms with E-state index in [0.717, 1.165) is 23.5 Å². The molecule has 0 radical (unpaired) electrons. The topological polar surface area (TPSA) is 51.5 Å². The van der Waals surface area contributed by atoms with E-state index >= 15 is 0 Å². The molecule has 144 valence electrons. The summed E-state index contributed by atoms with van der Waals surface area (Å²) in [5, 5.41) is 0. The van der Waals surface area contributed by atoms with Gasteiger partial charge in [-0.3, -0.25) is 4.79 Å². The number of amides is 1. The molecule has 0 N–H and O–H groups in total. The predicted molar refractivity (Wildman–Crippen MR) is 96.6 cm³/mol. The molecule has 0 atom stereocenters. The Hall–Kier alpha value is -2.70. The second kappa shape index (κ2) is 7.13. The second-order valence-corrected chi connectivity index (χ2v) is 7.57. The van der Waals surface area contributed by atoms with Crippen LogP contribution in [0.4, 0.5) is 13.6 Å². The van der Waals surface area contributed by atoms with Crippen molar-refractivity contribution < 1.29 is 23.1 Å². The molecule has 1 amide bonds. The van der Waals surface area contributed by atoms with E-state index in [2.05, 4.69) is 0 Å². The molecule has 7 heteroatoms. The van der Waals surface area contributed by atoms with E-state index in [4.69, 9.17) is 4.74 Å². The first kappa shape index (κ1) is 19.1. The van der Waals surface area contributed by atoms with Crippen LogP contribution in [0.3, 0.4) is 0 Å². The molecule has 0 aliphatic carbocycles. The normalized spacial score (nSPS) is 14.5. The highest BCUT2D eigenvalue weighted by Gasteiger charge is 2.28. The maximum absolute atomic E-state index is 14.2. The second-order valence-electron chi connectivity index (χ2n) is 7.57. The standard InChI is InChI=1S/C20H22F2N2O3/c1-20(2,3)27-19(26)24-12-13(14-7-6-8-15(21)17(14)22)11-16(24)18(25)23-9-4-5-10-23/h6-8,11-12H,4-5,9-10H2,1-3H3. The zero-order valence-corrected chi connectivity index (χ0v) is 15.6. The zero-order chi connectivity index (χ0) is 19.8. The molecule has 3 rings (SSSR count). The Morgan fingerprint density at radius 3 is 2.41 bits per heavy atom. The summed E-state index contributed by atoms with van der Waals surface area (Å²) in [6.07, 6.45) is 2.36. The van der Waals surface area contributed by atoms with Crippen LogP contribution < -0.4 is 0 Å². The van der Waals surface area contributed by atoms with Gasteiger partial charge >= 0.3 is 6.09 Å². The van der Waals surface area contributed by atoms with Crippen LogP contribution in [0.1, 0.15) is 44.1 Å². The van der Waals surface area contributed by atoms with Gasteiger partial charge in [-0.25, -0.2) is 18.1 Å². The molecule has 1 saturated heterocycles. The van der Waals surface area contributed by atoms with Crippen LogP contribution in [-0.2, 0) is 4.74 Å².